The number of hydrogen-bond donors (Lipinski definition) is 0. The minimum atomic E-state index is -1.79. The molecule has 1 aliphatic rings. The zero-order valence-corrected chi connectivity index (χ0v) is 16.9. The van der Waals surface area contributed by atoms with Gasteiger partial charge in [-0.1, -0.05) is 27.7 Å². The first-order chi connectivity index (χ1) is 9.47. The van der Waals surface area contributed by atoms with Gasteiger partial charge in [0, 0.05) is 10.6 Å². The summed E-state index contributed by atoms with van der Waals surface area (Å²) in [6.45, 7) is 20.7. The van der Waals surface area contributed by atoms with Gasteiger partial charge in [0.05, 0.1) is 0 Å². The van der Waals surface area contributed by atoms with Crippen LogP contribution in [0.4, 0.5) is 0 Å². The van der Waals surface area contributed by atoms with Crippen LogP contribution in [0.25, 0.3) is 0 Å². The van der Waals surface area contributed by atoms with Crippen molar-refractivity contribution in [3.05, 3.63) is 22.3 Å². The molecule has 0 radical (unpaired) electrons. The largest absolute Gasteiger partial charge is 0.543 e. The zero-order chi connectivity index (χ0) is 16.2. The molecule has 0 amide bonds. The van der Waals surface area contributed by atoms with Gasteiger partial charge in [0.25, 0.3) is 8.32 Å². The fraction of sp³-hybridized carbons (Fsp3) is 0.667. The molecule has 0 spiro atoms. The van der Waals surface area contributed by atoms with Crippen LogP contribution in [0, 0.1) is 20.8 Å². The molecule has 1 aliphatic heterocycles. The van der Waals surface area contributed by atoms with Gasteiger partial charge in [0.15, 0.2) is 0 Å². The summed E-state index contributed by atoms with van der Waals surface area (Å²) >= 11 is 2.02. The summed E-state index contributed by atoms with van der Waals surface area (Å²) in [4.78, 5) is 1.51. The quantitative estimate of drug-likeness (QED) is 0.599. The number of thioether (sulfide) groups is 1. The molecular formula is C18H30OSSi. The van der Waals surface area contributed by atoms with E-state index in [0.29, 0.717) is 5.92 Å². The molecule has 1 aromatic rings. The fourth-order valence-electron chi connectivity index (χ4n) is 2.75. The Kier molecular flexibility index (Phi) is 4.31. The molecule has 21 heavy (non-hydrogen) atoms. The van der Waals surface area contributed by atoms with Gasteiger partial charge in [-0.05, 0) is 67.1 Å². The molecule has 118 valence electrons. The van der Waals surface area contributed by atoms with Crippen LogP contribution >= 0.6 is 11.8 Å². The highest BCUT2D eigenvalue weighted by molar-refractivity contribution is 7.99. The Bertz CT molecular complexity index is 570. The zero-order valence-electron chi connectivity index (χ0n) is 15.1. The van der Waals surface area contributed by atoms with Crippen LogP contribution in [0.1, 0.15) is 55.9 Å². The molecule has 0 aromatic heterocycles. The second kappa shape index (κ2) is 5.34. The normalized spacial score (nSPS) is 18.8. The maximum absolute atomic E-state index is 6.71. The predicted molar refractivity (Wildman–Crippen MR) is 97.6 cm³/mol. The van der Waals surface area contributed by atoms with Crippen molar-refractivity contribution in [1.82, 2.24) is 0 Å². The van der Waals surface area contributed by atoms with E-state index in [-0.39, 0.29) is 5.04 Å². The van der Waals surface area contributed by atoms with Crippen molar-refractivity contribution in [2.24, 2.45) is 0 Å². The third-order valence-corrected chi connectivity index (χ3v) is 11.2. The molecule has 0 saturated heterocycles. The molecule has 0 saturated carbocycles. The molecule has 0 N–H and O–H groups in total. The average molecular weight is 323 g/mol. The summed E-state index contributed by atoms with van der Waals surface area (Å²) in [6.07, 6.45) is 0. The summed E-state index contributed by atoms with van der Waals surface area (Å²) < 4.78 is 6.71. The van der Waals surface area contributed by atoms with Gasteiger partial charge in [-0.15, -0.1) is 11.8 Å². The highest BCUT2D eigenvalue weighted by Crippen LogP contribution is 2.49. The average Bonchev–Trinajstić information content (AvgIpc) is 2.73. The SMILES string of the molecule is Cc1c(C)c2c(c(C)c1O[Si](C)(C)C(C)(C)C)C(C)CS2. The van der Waals surface area contributed by atoms with Crippen molar-refractivity contribution >= 4 is 20.1 Å². The molecule has 0 aliphatic carbocycles. The van der Waals surface area contributed by atoms with Crippen LogP contribution in [0.15, 0.2) is 4.90 Å². The molecular weight excluding hydrogens is 292 g/mol. The lowest BCUT2D eigenvalue weighted by molar-refractivity contribution is 0.484. The van der Waals surface area contributed by atoms with Crippen LogP contribution in [-0.2, 0) is 0 Å². The second-order valence-electron chi connectivity index (χ2n) is 8.02. The van der Waals surface area contributed by atoms with E-state index in [9.17, 15) is 0 Å². The molecule has 1 nitrogen and oxygen atoms in total. The minimum absolute atomic E-state index is 0.235. The minimum Gasteiger partial charge on any atom is -0.543 e. The lowest BCUT2D eigenvalue weighted by atomic mass is 9.92. The van der Waals surface area contributed by atoms with E-state index in [2.05, 4.69) is 61.6 Å². The number of benzene rings is 1. The lowest BCUT2D eigenvalue weighted by Gasteiger charge is -2.38. The van der Waals surface area contributed by atoms with Gasteiger partial charge in [0.1, 0.15) is 5.75 Å². The van der Waals surface area contributed by atoms with Gasteiger partial charge >= 0.3 is 0 Å². The summed E-state index contributed by atoms with van der Waals surface area (Å²) in [5.74, 6) is 3.03. The van der Waals surface area contributed by atoms with E-state index in [4.69, 9.17) is 4.43 Å². The summed E-state index contributed by atoms with van der Waals surface area (Å²) in [7, 11) is -1.79. The van der Waals surface area contributed by atoms with E-state index in [1.807, 2.05) is 11.8 Å². The third kappa shape index (κ3) is 2.79. The standard InChI is InChI=1S/C18H30OSSi/c1-11-10-20-17-13(3)12(2)16(14(4)15(11)17)19-21(8,9)18(5,6)7/h11H,10H2,1-9H3. The van der Waals surface area contributed by atoms with Crippen molar-refractivity contribution in [3.63, 3.8) is 0 Å². The Balaban J connectivity index is 2.56. The van der Waals surface area contributed by atoms with Crippen LogP contribution in [0.2, 0.25) is 18.1 Å². The second-order valence-corrected chi connectivity index (χ2v) is 13.8. The smallest absolute Gasteiger partial charge is 0.250 e. The topological polar surface area (TPSA) is 9.23 Å². The molecule has 2 rings (SSSR count). The Morgan fingerprint density at radius 1 is 1.05 bits per heavy atom. The summed E-state index contributed by atoms with van der Waals surface area (Å²) in [6, 6.07) is 0. The summed E-state index contributed by atoms with van der Waals surface area (Å²) in [5.41, 5.74) is 5.70. The van der Waals surface area contributed by atoms with Gasteiger partial charge in [-0.2, -0.15) is 0 Å². The van der Waals surface area contributed by atoms with Crippen molar-refractivity contribution < 1.29 is 4.43 Å². The Morgan fingerprint density at radius 2 is 1.62 bits per heavy atom. The lowest BCUT2D eigenvalue weighted by Crippen LogP contribution is -2.44. The van der Waals surface area contributed by atoms with E-state index >= 15 is 0 Å². The first-order valence-corrected chi connectivity index (χ1v) is 11.8. The first-order valence-electron chi connectivity index (χ1n) is 7.93. The predicted octanol–water partition coefficient (Wildman–Crippen LogP) is 6.21. The van der Waals surface area contributed by atoms with Crippen molar-refractivity contribution in [3.8, 4) is 5.75 Å². The number of rotatable bonds is 2. The van der Waals surface area contributed by atoms with Crippen molar-refractivity contribution in [2.75, 3.05) is 5.75 Å². The van der Waals surface area contributed by atoms with Gasteiger partial charge in [-0.3, -0.25) is 0 Å². The van der Waals surface area contributed by atoms with E-state index < -0.39 is 8.32 Å². The highest BCUT2D eigenvalue weighted by atomic mass is 32.2. The van der Waals surface area contributed by atoms with E-state index in [0.717, 1.165) is 0 Å². The summed E-state index contributed by atoms with van der Waals surface area (Å²) in [5, 5.41) is 0.235. The molecule has 1 unspecified atom stereocenters. The molecule has 3 heteroatoms. The van der Waals surface area contributed by atoms with Crippen LogP contribution < -0.4 is 4.43 Å². The fourth-order valence-corrected chi connectivity index (χ4v) is 5.33. The van der Waals surface area contributed by atoms with Crippen molar-refractivity contribution in [1.29, 1.82) is 0 Å². The third-order valence-electron chi connectivity index (χ3n) is 5.37. The molecule has 0 bridgehead atoms. The monoisotopic (exact) mass is 322 g/mol. The highest BCUT2D eigenvalue weighted by Gasteiger charge is 2.40. The van der Waals surface area contributed by atoms with Gasteiger partial charge < -0.3 is 4.43 Å². The molecule has 1 aromatic carbocycles. The number of hydrogen-bond acceptors (Lipinski definition) is 2. The molecule has 1 atom stereocenters. The van der Waals surface area contributed by atoms with Crippen LogP contribution in [0.5, 0.6) is 5.75 Å². The molecule has 0 fully saturated rings. The van der Waals surface area contributed by atoms with Gasteiger partial charge in [-0.25, -0.2) is 0 Å². The van der Waals surface area contributed by atoms with Crippen LogP contribution in [-0.4, -0.2) is 14.1 Å². The van der Waals surface area contributed by atoms with E-state index in [1.54, 1.807) is 0 Å². The maximum atomic E-state index is 6.71. The molecule has 1 heterocycles. The first kappa shape index (κ1) is 16.9. The Hall–Kier alpha value is -0.413. The maximum Gasteiger partial charge on any atom is 0.250 e. The van der Waals surface area contributed by atoms with Crippen LogP contribution in [0.3, 0.4) is 0 Å². The van der Waals surface area contributed by atoms with E-state index in [1.165, 1.54) is 38.7 Å². The van der Waals surface area contributed by atoms with Crippen molar-refractivity contribution in [2.45, 2.75) is 77.4 Å². The Morgan fingerprint density at radius 3 is 2.14 bits per heavy atom. The van der Waals surface area contributed by atoms with Gasteiger partial charge in [0.2, 0.25) is 0 Å². The number of fused-ring (bicyclic) bond motifs is 1. The Labute approximate surface area is 136 Å².